The summed E-state index contributed by atoms with van der Waals surface area (Å²) in [6.07, 6.45) is 0.751. The topological polar surface area (TPSA) is 95.2 Å². The fourth-order valence-corrected chi connectivity index (χ4v) is 2.17. The number of aromatic nitrogens is 1. The lowest BCUT2D eigenvalue weighted by Crippen LogP contribution is -1.99. The van der Waals surface area contributed by atoms with Gasteiger partial charge in [0.25, 0.3) is 5.69 Å². The van der Waals surface area contributed by atoms with E-state index < -0.39 is 4.92 Å². The Kier molecular flexibility index (Phi) is 3.74. The third kappa shape index (κ3) is 2.64. The maximum absolute atomic E-state index is 10.8. The molecular formula is C14H17N3O3. The first-order chi connectivity index (χ1) is 9.40. The van der Waals surface area contributed by atoms with Crippen LogP contribution in [0.15, 0.2) is 22.7 Å². The molecule has 6 heteroatoms. The normalized spacial score (nSPS) is 11.0. The quantitative estimate of drug-likeness (QED) is 0.682. The predicted molar refractivity (Wildman–Crippen MR) is 76.3 cm³/mol. The van der Waals surface area contributed by atoms with E-state index in [0.29, 0.717) is 17.5 Å². The number of hydrogen-bond donors (Lipinski definition) is 1. The highest BCUT2D eigenvalue weighted by Crippen LogP contribution is 2.32. The fraction of sp³-hybridized carbons (Fsp3) is 0.357. The first-order valence-electron chi connectivity index (χ1n) is 6.39. The zero-order valence-electron chi connectivity index (χ0n) is 11.7. The number of benzene rings is 1. The molecule has 1 heterocycles. The Labute approximate surface area is 116 Å². The lowest BCUT2D eigenvalue weighted by Gasteiger charge is -2.07. The predicted octanol–water partition coefficient (Wildman–Crippen LogP) is 3.34. The molecule has 20 heavy (non-hydrogen) atoms. The summed E-state index contributed by atoms with van der Waals surface area (Å²) < 4.78 is 5.08. The van der Waals surface area contributed by atoms with Gasteiger partial charge < -0.3 is 10.3 Å². The van der Waals surface area contributed by atoms with Gasteiger partial charge in [0.1, 0.15) is 5.69 Å². The summed E-state index contributed by atoms with van der Waals surface area (Å²) in [5.74, 6) is 0.722. The van der Waals surface area contributed by atoms with Gasteiger partial charge in [-0.05, 0) is 30.9 Å². The van der Waals surface area contributed by atoms with Crippen LogP contribution >= 0.6 is 0 Å². The van der Waals surface area contributed by atoms with E-state index >= 15 is 0 Å². The molecule has 2 rings (SSSR count). The van der Waals surface area contributed by atoms with Crippen molar-refractivity contribution in [1.29, 1.82) is 0 Å². The number of rotatable bonds is 4. The lowest BCUT2D eigenvalue weighted by molar-refractivity contribution is -0.384. The van der Waals surface area contributed by atoms with Gasteiger partial charge in [-0.2, -0.15) is 0 Å². The highest BCUT2D eigenvalue weighted by molar-refractivity contribution is 5.71. The van der Waals surface area contributed by atoms with Gasteiger partial charge in [0.2, 0.25) is 5.88 Å². The van der Waals surface area contributed by atoms with E-state index in [1.54, 1.807) is 6.07 Å². The Balaban J connectivity index is 2.49. The van der Waals surface area contributed by atoms with Crippen molar-refractivity contribution in [2.24, 2.45) is 5.92 Å². The van der Waals surface area contributed by atoms with Crippen molar-refractivity contribution in [3.05, 3.63) is 39.4 Å². The Hall–Kier alpha value is -2.37. The second-order valence-electron chi connectivity index (χ2n) is 5.23. The molecule has 1 aromatic heterocycles. The van der Waals surface area contributed by atoms with Crippen molar-refractivity contribution in [3.63, 3.8) is 0 Å². The van der Waals surface area contributed by atoms with Gasteiger partial charge in [-0.25, -0.2) is 0 Å². The van der Waals surface area contributed by atoms with Gasteiger partial charge >= 0.3 is 0 Å². The minimum absolute atomic E-state index is 0.0631. The summed E-state index contributed by atoms with van der Waals surface area (Å²) in [5, 5.41) is 14.8. The number of nitro groups is 1. The van der Waals surface area contributed by atoms with Crippen molar-refractivity contribution >= 4 is 11.6 Å². The minimum Gasteiger partial charge on any atom is -0.367 e. The summed E-state index contributed by atoms with van der Waals surface area (Å²) >= 11 is 0. The molecule has 0 bridgehead atoms. The van der Waals surface area contributed by atoms with E-state index in [0.717, 1.165) is 23.1 Å². The number of nitro benzene ring substituents is 1. The minimum atomic E-state index is -0.414. The van der Waals surface area contributed by atoms with Gasteiger partial charge in [0.15, 0.2) is 0 Å². The first-order valence-corrected chi connectivity index (χ1v) is 6.39. The maximum Gasteiger partial charge on any atom is 0.269 e. The number of non-ortho nitro benzene ring substituents is 1. The van der Waals surface area contributed by atoms with Crippen LogP contribution in [-0.2, 0) is 6.42 Å². The molecule has 0 aliphatic rings. The smallest absolute Gasteiger partial charge is 0.269 e. The second kappa shape index (κ2) is 5.32. The third-order valence-electron chi connectivity index (χ3n) is 3.11. The van der Waals surface area contributed by atoms with Crippen molar-refractivity contribution in [2.75, 3.05) is 5.73 Å². The Morgan fingerprint density at radius 1 is 1.45 bits per heavy atom. The molecule has 0 saturated carbocycles. The Bertz CT molecular complexity index is 647. The van der Waals surface area contributed by atoms with Crippen LogP contribution in [0.25, 0.3) is 11.3 Å². The number of hydrogen-bond acceptors (Lipinski definition) is 5. The first kappa shape index (κ1) is 14.0. The van der Waals surface area contributed by atoms with E-state index in [-0.39, 0.29) is 5.69 Å². The molecule has 0 saturated heterocycles. The molecule has 0 radical (unpaired) electrons. The van der Waals surface area contributed by atoms with Crippen LogP contribution in [0.4, 0.5) is 11.6 Å². The van der Waals surface area contributed by atoms with Crippen molar-refractivity contribution < 1.29 is 9.45 Å². The van der Waals surface area contributed by atoms with Crippen molar-refractivity contribution in [3.8, 4) is 11.3 Å². The number of nitrogens with zero attached hydrogens (tertiary/aromatic N) is 2. The number of aryl methyl sites for hydroxylation is 1. The van der Waals surface area contributed by atoms with Crippen LogP contribution in [0, 0.1) is 23.0 Å². The lowest BCUT2D eigenvalue weighted by atomic mass is 9.96. The van der Waals surface area contributed by atoms with E-state index in [2.05, 4.69) is 19.0 Å². The average molecular weight is 275 g/mol. The molecular weight excluding hydrogens is 258 g/mol. The van der Waals surface area contributed by atoms with Crippen LogP contribution in [0.1, 0.15) is 25.0 Å². The summed E-state index contributed by atoms with van der Waals surface area (Å²) in [6, 6.07) is 4.68. The number of anilines is 1. The van der Waals surface area contributed by atoms with Gasteiger partial charge in [0, 0.05) is 23.3 Å². The van der Waals surface area contributed by atoms with Gasteiger partial charge in [-0.15, -0.1) is 0 Å². The van der Waals surface area contributed by atoms with Crippen molar-refractivity contribution in [2.45, 2.75) is 27.2 Å². The molecule has 2 N–H and O–H groups in total. The summed E-state index contributed by atoms with van der Waals surface area (Å²) in [7, 11) is 0. The van der Waals surface area contributed by atoms with E-state index in [9.17, 15) is 10.1 Å². The molecule has 0 aliphatic carbocycles. The van der Waals surface area contributed by atoms with Gasteiger partial charge in [-0.3, -0.25) is 10.1 Å². The molecule has 0 spiro atoms. The molecule has 2 aromatic rings. The molecule has 0 fully saturated rings. The van der Waals surface area contributed by atoms with E-state index in [1.807, 2.05) is 6.92 Å². The molecule has 0 unspecified atom stereocenters. The number of nitrogens with two attached hydrogens (primary N) is 1. The molecule has 106 valence electrons. The van der Waals surface area contributed by atoms with Crippen LogP contribution in [0.3, 0.4) is 0 Å². The average Bonchev–Trinajstić information content (AvgIpc) is 2.70. The molecule has 1 aromatic carbocycles. The third-order valence-corrected chi connectivity index (χ3v) is 3.11. The second-order valence-corrected chi connectivity index (χ2v) is 5.23. The summed E-state index contributed by atoms with van der Waals surface area (Å²) in [6.45, 7) is 5.98. The standard InChI is InChI=1S/C14H17N3O3/c1-8(2)6-12-13(16-20-14(12)15)11-5-4-10(17(18)19)7-9(11)3/h4-5,7-8H,6,15H2,1-3H3. The highest BCUT2D eigenvalue weighted by Gasteiger charge is 2.19. The Morgan fingerprint density at radius 3 is 2.70 bits per heavy atom. The summed E-state index contributed by atoms with van der Waals surface area (Å²) in [4.78, 5) is 10.4. The monoisotopic (exact) mass is 275 g/mol. The van der Waals surface area contributed by atoms with Crippen LogP contribution < -0.4 is 5.73 Å². The van der Waals surface area contributed by atoms with E-state index in [1.165, 1.54) is 12.1 Å². The van der Waals surface area contributed by atoms with Gasteiger partial charge in [0.05, 0.1) is 4.92 Å². The molecule has 0 atom stereocenters. The largest absolute Gasteiger partial charge is 0.367 e. The molecule has 0 amide bonds. The van der Waals surface area contributed by atoms with Gasteiger partial charge in [-0.1, -0.05) is 19.0 Å². The Morgan fingerprint density at radius 2 is 2.15 bits per heavy atom. The maximum atomic E-state index is 10.8. The van der Waals surface area contributed by atoms with Crippen LogP contribution in [0.5, 0.6) is 0 Å². The molecule has 6 nitrogen and oxygen atoms in total. The van der Waals surface area contributed by atoms with Crippen LogP contribution in [-0.4, -0.2) is 10.1 Å². The van der Waals surface area contributed by atoms with E-state index in [4.69, 9.17) is 10.3 Å². The molecule has 0 aliphatic heterocycles. The number of nitrogen functional groups attached to an aromatic ring is 1. The SMILES string of the molecule is Cc1cc([N+](=O)[O-])ccc1-c1noc(N)c1CC(C)C. The van der Waals surface area contributed by atoms with Crippen LogP contribution in [0.2, 0.25) is 0 Å². The zero-order chi connectivity index (χ0) is 14.9. The van der Waals surface area contributed by atoms with Crippen molar-refractivity contribution in [1.82, 2.24) is 5.16 Å². The highest BCUT2D eigenvalue weighted by atomic mass is 16.6. The summed E-state index contributed by atoms with van der Waals surface area (Å²) in [5.41, 5.74) is 9.00. The zero-order valence-corrected chi connectivity index (χ0v) is 11.7. The fourth-order valence-electron chi connectivity index (χ4n) is 2.17.